The number of nitrogens with one attached hydrogen (secondary N) is 2. The third-order valence-electron chi connectivity index (χ3n) is 6.10. The number of aromatic hydroxyl groups is 1. The molecule has 0 aliphatic carbocycles. The lowest BCUT2D eigenvalue weighted by Gasteiger charge is -2.24. The number of rotatable bonds is 9. The smallest absolute Gasteiger partial charge is 0.344 e. The number of amidine groups is 1. The maximum Gasteiger partial charge on any atom is 0.344 e. The highest BCUT2D eigenvalue weighted by atomic mass is 16.5. The molecule has 1 unspecified atom stereocenters. The number of nitrogens with zero attached hydrogens (tertiary/aromatic N) is 1. The minimum absolute atomic E-state index is 0.0953. The van der Waals surface area contributed by atoms with E-state index in [-0.39, 0.29) is 47.7 Å². The summed E-state index contributed by atoms with van der Waals surface area (Å²) in [5.41, 5.74) is 1.70. The third-order valence-corrected chi connectivity index (χ3v) is 6.10. The molecule has 0 aromatic heterocycles. The summed E-state index contributed by atoms with van der Waals surface area (Å²) >= 11 is 0. The number of benzene rings is 2. The Labute approximate surface area is 215 Å². The zero-order valence-corrected chi connectivity index (χ0v) is 21.9. The maximum absolute atomic E-state index is 13.4. The second-order valence-corrected chi connectivity index (χ2v) is 9.86. The standard InChI is InChI=1S/C27H33N3O7/c1-7-36-21-10-16-12-30(24(28)17(16)11-18(21)25(33)29-6)13-20(31)15-8-19(27(3,4)5)23(32)22(9-15)37-14(2)26(34)35/h8-11,14,28,32H,7,12-13H2,1-6H3,(H,29,33)(H,34,35). The van der Waals surface area contributed by atoms with Crippen molar-refractivity contribution in [3.8, 4) is 17.2 Å². The van der Waals surface area contributed by atoms with Crippen LogP contribution in [-0.4, -0.2) is 64.9 Å². The molecule has 1 amide bonds. The van der Waals surface area contributed by atoms with E-state index in [0.29, 0.717) is 29.0 Å². The molecule has 0 saturated carbocycles. The van der Waals surface area contributed by atoms with E-state index in [9.17, 15) is 24.6 Å². The van der Waals surface area contributed by atoms with Gasteiger partial charge in [0.2, 0.25) is 0 Å². The molecule has 3 rings (SSSR count). The monoisotopic (exact) mass is 511 g/mol. The molecule has 2 aromatic carbocycles. The van der Waals surface area contributed by atoms with Crippen molar-refractivity contribution in [2.24, 2.45) is 0 Å². The van der Waals surface area contributed by atoms with Crippen molar-refractivity contribution < 1.29 is 34.1 Å². The summed E-state index contributed by atoms with van der Waals surface area (Å²) in [5.74, 6) is -1.69. The van der Waals surface area contributed by atoms with Crippen molar-refractivity contribution >= 4 is 23.5 Å². The summed E-state index contributed by atoms with van der Waals surface area (Å²) in [6.07, 6.45) is -1.24. The molecule has 0 fully saturated rings. The lowest BCUT2D eigenvalue weighted by Crippen LogP contribution is -2.30. The number of hydrogen-bond acceptors (Lipinski definition) is 7. The summed E-state index contributed by atoms with van der Waals surface area (Å²) in [5, 5.41) is 31.2. The predicted molar refractivity (Wildman–Crippen MR) is 137 cm³/mol. The van der Waals surface area contributed by atoms with E-state index in [4.69, 9.17) is 14.9 Å². The quantitative estimate of drug-likeness (QED) is 0.375. The molecule has 0 spiro atoms. The van der Waals surface area contributed by atoms with Gasteiger partial charge < -0.3 is 29.9 Å². The summed E-state index contributed by atoms with van der Waals surface area (Å²) in [7, 11) is 1.51. The van der Waals surface area contributed by atoms with Crippen LogP contribution in [0, 0.1) is 5.41 Å². The topological polar surface area (TPSA) is 149 Å². The number of hydrogen-bond donors (Lipinski definition) is 4. The number of ketones is 1. The summed E-state index contributed by atoms with van der Waals surface area (Å²) < 4.78 is 11.1. The number of phenols is 1. The van der Waals surface area contributed by atoms with Gasteiger partial charge in [0, 0.05) is 30.3 Å². The Balaban J connectivity index is 1.93. The number of carboxylic acids is 1. The molecule has 1 heterocycles. The SMILES string of the molecule is CCOc1cc2c(cc1C(=O)NC)C(=N)N(CC(=O)c1cc(OC(C)C(=O)O)c(O)c(C(C)(C)C)c1)C2. The Bertz CT molecular complexity index is 1260. The zero-order chi connectivity index (χ0) is 27.7. The fourth-order valence-electron chi connectivity index (χ4n) is 4.09. The van der Waals surface area contributed by atoms with Crippen LogP contribution in [0.2, 0.25) is 0 Å². The number of amides is 1. The van der Waals surface area contributed by atoms with Gasteiger partial charge in [-0.2, -0.15) is 0 Å². The van der Waals surface area contributed by atoms with Gasteiger partial charge in [-0.05, 0) is 49.1 Å². The van der Waals surface area contributed by atoms with Crippen LogP contribution < -0.4 is 14.8 Å². The zero-order valence-electron chi connectivity index (χ0n) is 21.9. The second kappa shape index (κ2) is 10.5. The first-order chi connectivity index (χ1) is 17.3. The maximum atomic E-state index is 13.4. The van der Waals surface area contributed by atoms with E-state index >= 15 is 0 Å². The van der Waals surface area contributed by atoms with E-state index in [1.165, 1.54) is 20.0 Å². The van der Waals surface area contributed by atoms with Crippen molar-refractivity contribution in [1.82, 2.24) is 10.2 Å². The normalized spacial score (nSPS) is 13.7. The fourth-order valence-corrected chi connectivity index (χ4v) is 4.09. The molecule has 1 aliphatic heterocycles. The van der Waals surface area contributed by atoms with E-state index in [2.05, 4.69) is 5.32 Å². The molecule has 1 aliphatic rings. The van der Waals surface area contributed by atoms with E-state index < -0.39 is 17.5 Å². The molecule has 0 radical (unpaired) electrons. The molecule has 10 nitrogen and oxygen atoms in total. The van der Waals surface area contributed by atoms with Gasteiger partial charge in [-0.3, -0.25) is 15.0 Å². The van der Waals surface area contributed by atoms with Crippen LogP contribution in [0.3, 0.4) is 0 Å². The van der Waals surface area contributed by atoms with Gasteiger partial charge in [0.05, 0.1) is 18.7 Å². The predicted octanol–water partition coefficient (Wildman–Crippen LogP) is 3.32. The molecule has 4 N–H and O–H groups in total. The average molecular weight is 512 g/mol. The second-order valence-electron chi connectivity index (χ2n) is 9.86. The Morgan fingerprint density at radius 1 is 1.16 bits per heavy atom. The van der Waals surface area contributed by atoms with Crippen molar-refractivity contribution in [3.05, 3.63) is 52.1 Å². The highest BCUT2D eigenvalue weighted by Gasteiger charge is 2.31. The van der Waals surface area contributed by atoms with Crippen molar-refractivity contribution in [2.75, 3.05) is 20.2 Å². The molecule has 0 saturated heterocycles. The minimum atomic E-state index is -1.24. The minimum Gasteiger partial charge on any atom is -0.504 e. The number of Topliss-reactive ketones (excluding diaryl/α,β-unsaturated/α-hetero) is 1. The number of phenolic OH excluding ortho intramolecular Hbond substituents is 1. The van der Waals surface area contributed by atoms with Crippen molar-refractivity contribution in [2.45, 2.75) is 52.7 Å². The highest BCUT2D eigenvalue weighted by molar-refractivity contribution is 6.07. The van der Waals surface area contributed by atoms with Gasteiger partial charge in [0.15, 0.2) is 23.4 Å². The molecule has 198 valence electrons. The average Bonchev–Trinajstić information content (AvgIpc) is 3.12. The molecule has 2 aromatic rings. The van der Waals surface area contributed by atoms with Gasteiger partial charge in [-0.15, -0.1) is 0 Å². The van der Waals surface area contributed by atoms with Gasteiger partial charge >= 0.3 is 5.97 Å². The van der Waals surface area contributed by atoms with Gasteiger partial charge in [-0.25, -0.2) is 4.79 Å². The first-order valence-electron chi connectivity index (χ1n) is 11.9. The van der Waals surface area contributed by atoms with Crippen LogP contribution in [0.15, 0.2) is 24.3 Å². The number of aliphatic carboxylic acids is 1. The summed E-state index contributed by atoms with van der Waals surface area (Å²) in [4.78, 5) is 38.6. The Morgan fingerprint density at radius 3 is 2.41 bits per heavy atom. The van der Waals surface area contributed by atoms with Crippen LogP contribution >= 0.6 is 0 Å². The van der Waals surface area contributed by atoms with Crippen molar-refractivity contribution in [3.63, 3.8) is 0 Å². The van der Waals surface area contributed by atoms with Crippen LogP contribution in [0.1, 0.15) is 72.0 Å². The molecule has 1 atom stereocenters. The molecule has 0 bridgehead atoms. The molecule has 10 heteroatoms. The van der Waals surface area contributed by atoms with E-state index in [0.717, 1.165) is 5.56 Å². The summed E-state index contributed by atoms with van der Waals surface area (Å²) in [6.45, 7) is 9.21. The summed E-state index contributed by atoms with van der Waals surface area (Å²) in [6, 6.07) is 6.22. The number of ether oxygens (including phenoxy) is 2. The van der Waals surface area contributed by atoms with Crippen LogP contribution in [-0.2, 0) is 16.8 Å². The number of carbonyl (C=O) groups excluding carboxylic acids is 2. The number of fused-ring (bicyclic) bond motifs is 1. The van der Waals surface area contributed by atoms with Crippen LogP contribution in [0.4, 0.5) is 0 Å². The Hall–Kier alpha value is -4.08. The van der Waals surface area contributed by atoms with E-state index in [1.807, 2.05) is 27.7 Å². The Morgan fingerprint density at radius 2 is 1.84 bits per heavy atom. The number of carbonyl (C=O) groups is 3. The van der Waals surface area contributed by atoms with Crippen molar-refractivity contribution in [1.29, 1.82) is 5.41 Å². The molecule has 37 heavy (non-hydrogen) atoms. The van der Waals surface area contributed by atoms with Gasteiger partial charge in [-0.1, -0.05) is 20.8 Å². The largest absolute Gasteiger partial charge is 0.504 e. The van der Waals surface area contributed by atoms with Crippen LogP contribution in [0.5, 0.6) is 17.2 Å². The van der Waals surface area contributed by atoms with Gasteiger partial charge in [0.25, 0.3) is 5.91 Å². The highest BCUT2D eigenvalue weighted by Crippen LogP contribution is 2.40. The third kappa shape index (κ3) is 5.68. The lowest BCUT2D eigenvalue weighted by molar-refractivity contribution is -0.144. The first-order valence-corrected chi connectivity index (χ1v) is 11.9. The van der Waals surface area contributed by atoms with E-state index in [1.54, 1.807) is 23.1 Å². The molecular formula is C27H33N3O7. The molecular weight excluding hydrogens is 478 g/mol. The van der Waals surface area contributed by atoms with Gasteiger partial charge in [0.1, 0.15) is 11.6 Å². The lowest BCUT2D eigenvalue weighted by atomic mass is 9.84. The first kappa shape index (κ1) is 27.5. The number of carboxylic acid groups (broad SMARTS) is 1. The van der Waals surface area contributed by atoms with Crippen LogP contribution in [0.25, 0.3) is 0 Å². The fraction of sp³-hybridized carbons (Fsp3) is 0.407. The Kier molecular flexibility index (Phi) is 7.80.